The first kappa shape index (κ1) is 22.5. The summed E-state index contributed by atoms with van der Waals surface area (Å²) in [6.45, 7) is 2.14. The van der Waals surface area contributed by atoms with Crippen molar-refractivity contribution >= 4 is 23.2 Å². The smallest absolute Gasteiger partial charge is 0.180 e. The highest BCUT2D eigenvalue weighted by Gasteiger charge is 2.17. The lowest BCUT2D eigenvalue weighted by molar-refractivity contribution is -0.688. The molecule has 0 unspecified atom stereocenters. The number of nitrogens with zero attached hydrogens (tertiary/aromatic N) is 1. The molecule has 0 spiro atoms. The predicted octanol–water partition coefficient (Wildman–Crippen LogP) is 4.71. The molecule has 1 heterocycles. The number of rotatable bonds is 9. The topological polar surface area (TPSA) is 56.5 Å². The van der Waals surface area contributed by atoms with E-state index in [1.807, 2.05) is 47.3 Å². The number of carbonyl (C=O) groups excluding carboxylic acids is 2. The Morgan fingerprint density at radius 2 is 1.77 bits per heavy atom. The summed E-state index contributed by atoms with van der Waals surface area (Å²) in [4.78, 5) is 25.0. The summed E-state index contributed by atoms with van der Waals surface area (Å²) in [6.07, 6.45) is 4.51. The van der Waals surface area contributed by atoms with Gasteiger partial charge in [0.2, 0.25) is 0 Å². The van der Waals surface area contributed by atoms with Crippen LogP contribution in [0.15, 0.2) is 60.9 Å². The molecule has 2 aromatic carbocycles. The molecule has 1 aromatic heterocycles. The minimum absolute atomic E-state index is 0.0221. The molecule has 0 aliphatic heterocycles. The minimum Gasteiger partial charge on any atom is -0.493 e. The van der Waals surface area contributed by atoms with Crippen LogP contribution in [0.4, 0.5) is 0 Å². The summed E-state index contributed by atoms with van der Waals surface area (Å²) >= 11 is 6.07. The summed E-state index contributed by atoms with van der Waals surface area (Å²) in [5, 5.41) is 0.676. The molecule has 0 aliphatic carbocycles. The van der Waals surface area contributed by atoms with Crippen molar-refractivity contribution in [2.24, 2.45) is 0 Å². The van der Waals surface area contributed by atoms with E-state index in [0.717, 1.165) is 11.1 Å². The highest BCUT2D eigenvalue weighted by atomic mass is 35.5. The fourth-order valence-corrected chi connectivity index (χ4v) is 3.66. The Bertz CT molecular complexity index is 1110. The van der Waals surface area contributed by atoms with Crippen molar-refractivity contribution in [3.05, 3.63) is 88.2 Å². The van der Waals surface area contributed by atoms with Crippen molar-refractivity contribution in [2.45, 2.75) is 26.3 Å². The second kappa shape index (κ2) is 10.2. The van der Waals surface area contributed by atoms with Crippen LogP contribution in [0.3, 0.4) is 0 Å². The number of ether oxygens (including phenoxy) is 2. The van der Waals surface area contributed by atoms with Gasteiger partial charge in [0.25, 0.3) is 0 Å². The van der Waals surface area contributed by atoms with Gasteiger partial charge >= 0.3 is 0 Å². The summed E-state index contributed by atoms with van der Waals surface area (Å²) in [5.41, 5.74) is 3.06. The number of pyridine rings is 1. The van der Waals surface area contributed by atoms with Gasteiger partial charge < -0.3 is 9.47 Å². The molecule has 0 N–H and O–H groups in total. The van der Waals surface area contributed by atoms with Crippen LogP contribution < -0.4 is 14.0 Å². The molecule has 0 saturated heterocycles. The number of hydrogen-bond donors (Lipinski definition) is 0. The van der Waals surface area contributed by atoms with Crippen LogP contribution in [-0.2, 0) is 13.0 Å². The number of carbonyl (C=O) groups is 2. The second-order valence-electron chi connectivity index (χ2n) is 7.24. The van der Waals surface area contributed by atoms with Gasteiger partial charge in [-0.3, -0.25) is 9.59 Å². The molecule has 3 rings (SSSR count). The lowest BCUT2D eigenvalue weighted by Crippen LogP contribution is -2.35. The monoisotopic (exact) mass is 438 g/mol. The number of methoxy groups -OCH3 is 2. The lowest BCUT2D eigenvalue weighted by atomic mass is 9.98. The zero-order valence-electron chi connectivity index (χ0n) is 17.9. The molecule has 0 aliphatic rings. The molecule has 0 atom stereocenters. The Morgan fingerprint density at radius 1 is 1.00 bits per heavy atom. The number of benzene rings is 2. The van der Waals surface area contributed by atoms with E-state index in [0.29, 0.717) is 40.6 Å². The van der Waals surface area contributed by atoms with Crippen LogP contribution in [0.1, 0.15) is 45.2 Å². The Morgan fingerprint density at radius 3 is 2.45 bits per heavy atom. The van der Waals surface area contributed by atoms with E-state index in [4.69, 9.17) is 21.1 Å². The molecular weight excluding hydrogens is 414 g/mol. The molecule has 31 heavy (non-hydrogen) atoms. The zero-order chi connectivity index (χ0) is 22.4. The molecule has 0 amide bonds. The van der Waals surface area contributed by atoms with Crippen molar-refractivity contribution in [2.75, 3.05) is 14.2 Å². The Kier molecular flexibility index (Phi) is 7.42. The van der Waals surface area contributed by atoms with Crippen LogP contribution in [0.5, 0.6) is 11.5 Å². The third kappa shape index (κ3) is 5.70. The van der Waals surface area contributed by atoms with Crippen LogP contribution in [0.2, 0.25) is 5.02 Å². The summed E-state index contributed by atoms with van der Waals surface area (Å²) in [5.74, 6) is 1.03. The van der Waals surface area contributed by atoms with Crippen LogP contribution >= 0.6 is 11.6 Å². The zero-order valence-corrected chi connectivity index (χ0v) is 18.6. The fraction of sp³-hybridized carbons (Fsp3) is 0.240. The number of aromatic nitrogens is 1. The normalized spacial score (nSPS) is 10.6. The quantitative estimate of drug-likeness (QED) is 0.358. The number of hydrogen-bond acceptors (Lipinski definition) is 4. The van der Waals surface area contributed by atoms with Crippen LogP contribution in [-0.4, -0.2) is 25.8 Å². The van der Waals surface area contributed by atoms with Gasteiger partial charge in [-0.2, -0.15) is 0 Å². The number of Topliss-reactive ketones (excluding diaryl/α,β-unsaturated/α-hetero) is 2. The molecule has 160 valence electrons. The van der Waals surface area contributed by atoms with Crippen molar-refractivity contribution in [3.63, 3.8) is 0 Å². The number of ketones is 2. The van der Waals surface area contributed by atoms with Gasteiger partial charge in [0, 0.05) is 28.6 Å². The van der Waals surface area contributed by atoms with E-state index in [9.17, 15) is 9.59 Å². The van der Waals surface area contributed by atoms with Gasteiger partial charge in [-0.25, -0.2) is 4.57 Å². The third-order valence-corrected chi connectivity index (χ3v) is 5.30. The predicted molar refractivity (Wildman–Crippen MR) is 119 cm³/mol. The maximum atomic E-state index is 12.7. The van der Waals surface area contributed by atoms with Gasteiger partial charge in [-0.05, 0) is 49.2 Å². The summed E-state index contributed by atoms with van der Waals surface area (Å²) in [6, 6.07) is 14.6. The Balaban J connectivity index is 1.75. The molecule has 0 radical (unpaired) electrons. The number of halogens is 1. The average molecular weight is 439 g/mol. The Hall–Kier alpha value is -3.18. The van der Waals surface area contributed by atoms with E-state index in [2.05, 4.69) is 0 Å². The van der Waals surface area contributed by atoms with Gasteiger partial charge in [-0.1, -0.05) is 23.7 Å². The standard InChI is InChI=1S/C25H25ClNO4/c1-17(28)22-16-27(15-18-5-4-6-21(26)13-18)12-11-19(22)7-9-23(29)20-8-10-24(30-2)25(14-20)31-3/h4-6,8,10-14,16H,7,9,15H2,1-3H3/q+1. The van der Waals surface area contributed by atoms with Crippen LogP contribution in [0.25, 0.3) is 0 Å². The third-order valence-electron chi connectivity index (χ3n) is 5.07. The average Bonchev–Trinajstić information content (AvgIpc) is 2.77. The Labute approximate surface area is 187 Å². The second-order valence-corrected chi connectivity index (χ2v) is 7.67. The summed E-state index contributed by atoms with van der Waals surface area (Å²) in [7, 11) is 3.09. The first-order chi connectivity index (χ1) is 14.9. The SMILES string of the molecule is COc1ccc(C(=O)CCc2cc[n+](Cc3cccc(Cl)c3)cc2C(C)=O)cc1OC. The van der Waals surface area contributed by atoms with Crippen molar-refractivity contribution < 1.29 is 23.6 Å². The first-order valence-corrected chi connectivity index (χ1v) is 10.3. The van der Waals surface area contributed by atoms with Gasteiger partial charge in [-0.15, -0.1) is 0 Å². The highest BCUT2D eigenvalue weighted by Crippen LogP contribution is 2.28. The molecule has 0 fully saturated rings. The minimum atomic E-state index is -0.0333. The van der Waals surface area contributed by atoms with E-state index in [1.165, 1.54) is 7.11 Å². The maximum Gasteiger partial charge on any atom is 0.180 e. The molecule has 5 nitrogen and oxygen atoms in total. The van der Waals surface area contributed by atoms with Gasteiger partial charge in [0.15, 0.2) is 42.0 Å². The first-order valence-electron chi connectivity index (χ1n) is 9.94. The largest absolute Gasteiger partial charge is 0.493 e. The van der Waals surface area contributed by atoms with Crippen molar-refractivity contribution in [3.8, 4) is 11.5 Å². The number of aryl methyl sites for hydroxylation is 1. The summed E-state index contributed by atoms with van der Waals surface area (Å²) < 4.78 is 12.4. The fourth-order valence-electron chi connectivity index (χ4n) is 3.45. The van der Waals surface area contributed by atoms with E-state index >= 15 is 0 Å². The van der Waals surface area contributed by atoms with Crippen molar-refractivity contribution in [1.29, 1.82) is 0 Å². The molecular formula is C25H25ClNO4+. The van der Waals surface area contributed by atoms with Gasteiger partial charge in [0.1, 0.15) is 0 Å². The van der Waals surface area contributed by atoms with Crippen LogP contribution in [0, 0.1) is 0 Å². The molecule has 6 heteroatoms. The highest BCUT2D eigenvalue weighted by molar-refractivity contribution is 6.30. The lowest BCUT2D eigenvalue weighted by Gasteiger charge is -2.10. The molecule has 0 saturated carbocycles. The van der Waals surface area contributed by atoms with Crippen molar-refractivity contribution in [1.82, 2.24) is 0 Å². The molecule has 0 bridgehead atoms. The van der Waals surface area contributed by atoms with E-state index in [-0.39, 0.29) is 18.0 Å². The van der Waals surface area contributed by atoms with E-state index < -0.39 is 0 Å². The maximum absolute atomic E-state index is 12.7. The van der Waals surface area contributed by atoms with Gasteiger partial charge in [0.05, 0.1) is 19.8 Å². The molecule has 3 aromatic rings. The van der Waals surface area contributed by atoms with E-state index in [1.54, 1.807) is 32.2 Å².